The normalized spacial score (nSPS) is 11.0. The molecule has 31 heavy (non-hydrogen) atoms. The lowest BCUT2D eigenvalue weighted by molar-refractivity contribution is 0.0566. The summed E-state index contributed by atoms with van der Waals surface area (Å²) in [5.74, 6) is 1.66. The van der Waals surface area contributed by atoms with Gasteiger partial charge in [0.1, 0.15) is 30.3 Å². The fourth-order valence-electron chi connectivity index (χ4n) is 3.18. The molecule has 2 heterocycles. The Morgan fingerprint density at radius 2 is 1.68 bits per heavy atom. The number of carbonyl (C=O) groups excluding carboxylic acids is 1. The van der Waals surface area contributed by atoms with Crippen LogP contribution >= 0.6 is 0 Å². The van der Waals surface area contributed by atoms with Crippen LogP contribution in [0.15, 0.2) is 51.4 Å². The Balaban J connectivity index is 1.45. The maximum atomic E-state index is 11.6. The minimum Gasteiger partial charge on any atom is -0.490 e. The standard InChI is InChI=1S/C24H23NO6/c1-14-5-6-15(2)18(9-14)28-7-8-29-19-11-17-12-21(30-20(17)10-16(19)3)23-25-13-22(31-23)24(26)27-4/h5-6,9-13H,7-8H2,1-4H3. The molecule has 0 aliphatic carbocycles. The second kappa shape index (κ2) is 8.55. The largest absolute Gasteiger partial charge is 0.490 e. The van der Waals surface area contributed by atoms with E-state index in [2.05, 4.69) is 15.8 Å². The Hall–Kier alpha value is -3.74. The SMILES string of the molecule is COC(=O)c1cnc(-c2cc3cc(OCCOc4cc(C)ccc4C)c(C)cc3o2)o1. The Kier molecular flexibility index (Phi) is 5.66. The smallest absolute Gasteiger partial charge is 0.375 e. The molecule has 4 rings (SSSR count). The van der Waals surface area contributed by atoms with Gasteiger partial charge in [0.25, 0.3) is 5.89 Å². The summed E-state index contributed by atoms with van der Waals surface area (Å²) in [6, 6.07) is 11.7. The monoisotopic (exact) mass is 421 g/mol. The lowest BCUT2D eigenvalue weighted by Crippen LogP contribution is -2.10. The molecule has 0 aliphatic heterocycles. The Morgan fingerprint density at radius 1 is 0.935 bits per heavy atom. The van der Waals surface area contributed by atoms with E-state index in [1.807, 2.05) is 45.0 Å². The van der Waals surface area contributed by atoms with Gasteiger partial charge in [-0.25, -0.2) is 9.78 Å². The van der Waals surface area contributed by atoms with Gasteiger partial charge in [-0.3, -0.25) is 0 Å². The zero-order chi connectivity index (χ0) is 22.0. The van der Waals surface area contributed by atoms with Gasteiger partial charge in [-0.2, -0.15) is 0 Å². The predicted molar refractivity (Wildman–Crippen MR) is 115 cm³/mol. The highest BCUT2D eigenvalue weighted by Crippen LogP contribution is 2.32. The summed E-state index contributed by atoms with van der Waals surface area (Å²) >= 11 is 0. The summed E-state index contributed by atoms with van der Waals surface area (Å²) in [6.45, 7) is 6.85. The first kappa shape index (κ1) is 20.5. The molecule has 0 N–H and O–H groups in total. The minimum atomic E-state index is -0.593. The summed E-state index contributed by atoms with van der Waals surface area (Å²) in [7, 11) is 1.28. The van der Waals surface area contributed by atoms with E-state index in [-0.39, 0.29) is 11.7 Å². The first-order valence-electron chi connectivity index (χ1n) is 9.86. The number of fused-ring (bicyclic) bond motifs is 1. The lowest BCUT2D eigenvalue weighted by Gasteiger charge is -2.12. The number of rotatable bonds is 7. The first-order chi connectivity index (χ1) is 14.9. The maximum absolute atomic E-state index is 11.6. The van der Waals surface area contributed by atoms with Crippen molar-refractivity contribution in [1.82, 2.24) is 4.98 Å². The van der Waals surface area contributed by atoms with Gasteiger partial charge in [-0.15, -0.1) is 0 Å². The zero-order valence-electron chi connectivity index (χ0n) is 17.9. The molecule has 0 aliphatic rings. The molecule has 0 spiro atoms. The van der Waals surface area contributed by atoms with E-state index in [1.54, 1.807) is 6.07 Å². The third-order valence-electron chi connectivity index (χ3n) is 4.86. The van der Waals surface area contributed by atoms with E-state index in [4.69, 9.17) is 18.3 Å². The van der Waals surface area contributed by atoms with Gasteiger partial charge in [0.2, 0.25) is 5.76 Å². The van der Waals surface area contributed by atoms with Gasteiger partial charge in [0.15, 0.2) is 5.76 Å². The van der Waals surface area contributed by atoms with Crippen molar-refractivity contribution < 1.29 is 27.8 Å². The first-order valence-corrected chi connectivity index (χ1v) is 9.86. The highest BCUT2D eigenvalue weighted by molar-refractivity contribution is 5.87. The summed E-state index contributed by atoms with van der Waals surface area (Å²) < 4.78 is 27.7. The molecule has 0 amide bonds. The van der Waals surface area contributed by atoms with Crippen LogP contribution in [0.3, 0.4) is 0 Å². The number of nitrogens with zero attached hydrogens (tertiary/aromatic N) is 1. The quantitative estimate of drug-likeness (QED) is 0.297. The summed E-state index contributed by atoms with van der Waals surface area (Å²) in [4.78, 5) is 15.6. The highest BCUT2D eigenvalue weighted by atomic mass is 16.5. The molecular weight excluding hydrogens is 398 g/mol. The molecule has 7 heteroatoms. The molecule has 4 aromatic rings. The number of methoxy groups -OCH3 is 1. The average Bonchev–Trinajstić information content (AvgIpc) is 3.40. The summed E-state index contributed by atoms with van der Waals surface area (Å²) in [5.41, 5.74) is 3.85. The summed E-state index contributed by atoms with van der Waals surface area (Å²) in [5, 5.41) is 0.837. The molecule has 0 saturated heterocycles. The van der Waals surface area contributed by atoms with Crippen molar-refractivity contribution in [1.29, 1.82) is 0 Å². The lowest BCUT2D eigenvalue weighted by atomic mass is 10.1. The van der Waals surface area contributed by atoms with Crippen LogP contribution in [0, 0.1) is 20.8 Å². The molecule has 0 unspecified atom stereocenters. The van der Waals surface area contributed by atoms with Crippen molar-refractivity contribution in [3.63, 3.8) is 0 Å². The van der Waals surface area contributed by atoms with Gasteiger partial charge in [-0.05, 0) is 61.7 Å². The number of aryl methyl sites for hydroxylation is 3. The third kappa shape index (κ3) is 4.40. The second-order valence-electron chi connectivity index (χ2n) is 7.25. The number of ether oxygens (including phenoxy) is 3. The van der Waals surface area contributed by atoms with Crippen LogP contribution in [-0.2, 0) is 4.74 Å². The van der Waals surface area contributed by atoms with Crippen LogP contribution in [0.1, 0.15) is 27.2 Å². The van der Waals surface area contributed by atoms with Gasteiger partial charge in [-0.1, -0.05) is 12.1 Å². The van der Waals surface area contributed by atoms with Crippen molar-refractivity contribution >= 4 is 16.9 Å². The number of furan rings is 1. The van der Waals surface area contributed by atoms with E-state index >= 15 is 0 Å². The van der Waals surface area contributed by atoms with Crippen molar-refractivity contribution in [3.05, 3.63) is 65.0 Å². The fraction of sp³-hybridized carbons (Fsp3) is 0.250. The number of esters is 1. The number of carbonyl (C=O) groups is 1. The van der Waals surface area contributed by atoms with E-state index in [0.29, 0.717) is 24.6 Å². The number of hydrogen-bond acceptors (Lipinski definition) is 7. The Labute approximate surface area is 179 Å². The molecule has 2 aromatic carbocycles. The number of oxazole rings is 1. The number of aromatic nitrogens is 1. The second-order valence-corrected chi connectivity index (χ2v) is 7.25. The molecule has 2 aromatic heterocycles. The number of hydrogen-bond donors (Lipinski definition) is 0. The van der Waals surface area contributed by atoms with Crippen LogP contribution in [0.4, 0.5) is 0 Å². The van der Waals surface area contributed by atoms with E-state index in [0.717, 1.165) is 33.6 Å². The molecule has 160 valence electrons. The predicted octanol–water partition coefficient (Wildman–Crippen LogP) is 5.26. The summed E-state index contributed by atoms with van der Waals surface area (Å²) in [6.07, 6.45) is 1.31. The molecule has 0 fully saturated rings. The van der Waals surface area contributed by atoms with Crippen molar-refractivity contribution in [2.75, 3.05) is 20.3 Å². The van der Waals surface area contributed by atoms with E-state index in [9.17, 15) is 4.79 Å². The topological polar surface area (TPSA) is 83.9 Å². The minimum absolute atomic E-state index is 0.0157. The molecule has 0 atom stereocenters. The Bertz CT molecular complexity index is 1240. The van der Waals surface area contributed by atoms with E-state index < -0.39 is 5.97 Å². The van der Waals surface area contributed by atoms with Crippen molar-refractivity contribution in [3.8, 4) is 23.1 Å². The van der Waals surface area contributed by atoms with Crippen LogP contribution in [0.5, 0.6) is 11.5 Å². The van der Waals surface area contributed by atoms with Crippen LogP contribution in [-0.4, -0.2) is 31.3 Å². The van der Waals surface area contributed by atoms with Gasteiger partial charge >= 0.3 is 5.97 Å². The van der Waals surface area contributed by atoms with E-state index in [1.165, 1.54) is 13.3 Å². The number of benzene rings is 2. The van der Waals surface area contributed by atoms with Gasteiger partial charge < -0.3 is 23.0 Å². The molecule has 7 nitrogen and oxygen atoms in total. The maximum Gasteiger partial charge on any atom is 0.375 e. The van der Waals surface area contributed by atoms with Crippen molar-refractivity contribution in [2.45, 2.75) is 20.8 Å². The zero-order valence-corrected chi connectivity index (χ0v) is 17.9. The van der Waals surface area contributed by atoms with Gasteiger partial charge in [0.05, 0.1) is 13.3 Å². The molecular formula is C24H23NO6. The molecule has 0 radical (unpaired) electrons. The van der Waals surface area contributed by atoms with Crippen LogP contribution in [0.25, 0.3) is 22.6 Å². The fourth-order valence-corrected chi connectivity index (χ4v) is 3.18. The third-order valence-corrected chi connectivity index (χ3v) is 4.86. The van der Waals surface area contributed by atoms with Crippen LogP contribution in [0.2, 0.25) is 0 Å². The van der Waals surface area contributed by atoms with Crippen LogP contribution < -0.4 is 9.47 Å². The molecule has 0 bridgehead atoms. The van der Waals surface area contributed by atoms with Gasteiger partial charge in [0, 0.05) is 5.39 Å². The average molecular weight is 421 g/mol. The Morgan fingerprint density at radius 3 is 2.42 bits per heavy atom. The van der Waals surface area contributed by atoms with Crippen molar-refractivity contribution in [2.24, 2.45) is 0 Å². The highest BCUT2D eigenvalue weighted by Gasteiger charge is 2.17. The molecule has 0 saturated carbocycles.